The molecule has 1 aliphatic rings. The molecule has 0 saturated carbocycles. The summed E-state index contributed by atoms with van der Waals surface area (Å²) in [5.41, 5.74) is 0.684. The number of benzene rings is 1. The third-order valence-corrected chi connectivity index (χ3v) is 3.17. The molecule has 0 bridgehead atoms. The molecule has 1 heterocycles. The van der Waals surface area contributed by atoms with Gasteiger partial charge in [0.1, 0.15) is 6.61 Å². The van der Waals surface area contributed by atoms with Crippen LogP contribution in [0.2, 0.25) is 0 Å². The Hall–Kier alpha value is -1.84. The second-order valence-corrected chi connectivity index (χ2v) is 4.44. The third kappa shape index (κ3) is 3.18. The zero-order valence-electron chi connectivity index (χ0n) is 11.5. The van der Waals surface area contributed by atoms with Crippen LogP contribution in [0.5, 0.6) is 5.75 Å². The molecule has 0 unspecified atom stereocenters. The van der Waals surface area contributed by atoms with Crippen molar-refractivity contribution in [3.8, 4) is 5.75 Å². The van der Waals surface area contributed by atoms with Gasteiger partial charge in [-0.15, -0.1) is 0 Å². The van der Waals surface area contributed by atoms with E-state index >= 15 is 0 Å². The summed E-state index contributed by atoms with van der Waals surface area (Å²) in [5, 5.41) is 3.22. The number of piperazine rings is 1. The molecule has 5 nitrogen and oxygen atoms in total. The molecule has 0 aliphatic carbocycles. The van der Waals surface area contributed by atoms with E-state index in [0.717, 1.165) is 26.2 Å². The van der Waals surface area contributed by atoms with Gasteiger partial charge >= 0.3 is 0 Å². The van der Waals surface area contributed by atoms with Gasteiger partial charge in [-0.1, -0.05) is 6.07 Å². The fraction of sp³-hybridized carbons (Fsp3) is 0.500. The van der Waals surface area contributed by atoms with Gasteiger partial charge in [0.2, 0.25) is 5.69 Å². The molecule has 0 radical (unpaired) electrons. The van der Waals surface area contributed by atoms with Gasteiger partial charge in [-0.25, -0.2) is 9.24 Å². The van der Waals surface area contributed by atoms with Crippen molar-refractivity contribution in [2.75, 3.05) is 51.4 Å². The van der Waals surface area contributed by atoms with Crippen molar-refractivity contribution in [2.45, 2.75) is 0 Å². The first kappa shape index (κ1) is 14.6. The van der Waals surface area contributed by atoms with Crippen LogP contribution in [0.1, 0.15) is 0 Å². The van der Waals surface area contributed by atoms with Crippen molar-refractivity contribution < 1.29 is 13.9 Å². The van der Waals surface area contributed by atoms with Crippen molar-refractivity contribution >= 4 is 11.4 Å². The molecule has 6 heteroatoms. The average molecular weight is 279 g/mol. The van der Waals surface area contributed by atoms with Crippen LogP contribution in [-0.2, 0) is 4.74 Å². The Bertz CT molecular complexity index is 496. The highest BCUT2D eigenvalue weighted by Gasteiger charge is 2.20. The van der Waals surface area contributed by atoms with Crippen LogP contribution in [0.25, 0.3) is 4.85 Å². The van der Waals surface area contributed by atoms with Crippen LogP contribution in [-0.4, -0.2) is 46.5 Å². The SMILES string of the molecule is [C-]#[N+]c1ccc(N2CCNCC2)c(F)c1OCCOC. The van der Waals surface area contributed by atoms with Crippen molar-refractivity contribution in [1.82, 2.24) is 5.32 Å². The summed E-state index contributed by atoms with van der Waals surface area (Å²) in [6.07, 6.45) is 0. The number of methoxy groups -OCH3 is 1. The Kier molecular flexibility index (Phi) is 5.16. The molecule has 20 heavy (non-hydrogen) atoms. The Morgan fingerprint density at radius 3 is 2.75 bits per heavy atom. The van der Waals surface area contributed by atoms with E-state index in [-0.39, 0.29) is 18.0 Å². The van der Waals surface area contributed by atoms with E-state index in [4.69, 9.17) is 16.0 Å². The number of anilines is 1. The summed E-state index contributed by atoms with van der Waals surface area (Å²) in [6, 6.07) is 3.26. The third-order valence-electron chi connectivity index (χ3n) is 3.17. The van der Waals surface area contributed by atoms with Gasteiger partial charge in [0.15, 0.2) is 11.6 Å². The lowest BCUT2D eigenvalue weighted by molar-refractivity contribution is 0.144. The van der Waals surface area contributed by atoms with E-state index < -0.39 is 5.82 Å². The minimum atomic E-state index is -0.462. The molecule has 1 saturated heterocycles. The standard InChI is InChI=1S/C14H18FN3O2/c1-16-11-3-4-12(18-7-5-17-6-8-18)13(15)14(11)20-10-9-19-2/h3-4,17H,5-10H2,2H3. The van der Waals surface area contributed by atoms with Crippen LogP contribution in [0.15, 0.2) is 12.1 Å². The minimum absolute atomic E-state index is 0.0214. The minimum Gasteiger partial charge on any atom is -0.499 e. The molecule has 0 amide bonds. The highest BCUT2D eigenvalue weighted by atomic mass is 19.1. The summed E-state index contributed by atoms with van der Waals surface area (Å²) in [6.45, 7) is 10.8. The molecule has 0 spiro atoms. The van der Waals surface area contributed by atoms with Gasteiger partial charge in [-0.3, -0.25) is 0 Å². The second kappa shape index (κ2) is 7.08. The summed E-state index contributed by atoms with van der Waals surface area (Å²) >= 11 is 0. The second-order valence-electron chi connectivity index (χ2n) is 4.44. The molecule has 1 aromatic rings. The number of nitrogens with one attached hydrogen (secondary N) is 1. The molecular formula is C14H18FN3O2. The normalized spacial score (nSPS) is 14.9. The van der Waals surface area contributed by atoms with E-state index in [9.17, 15) is 4.39 Å². The van der Waals surface area contributed by atoms with Crippen LogP contribution >= 0.6 is 0 Å². The molecule has 1 aromatic carbocycles. The fourth-order valence-corrected chi connectivity index (χ4v) is 2.14. The Balaban J connectivity index is 2.25. The fourth-order valence-electron chi connectivity index (χ4n) is 2.14. The Morgan fingerprint density at radius 1 is 1.35 bits per heavy atom. The van der Waals surface area contributed by atoms with Crippen molar-refractivity contribution in [3.63, 3.8) is 0 Å². The van der Waals surface area contributed by atoms with Gasteiger partial charge in [-0.05, 0) is 6.07 Å². The molecule has 1 fully saturated rings. The van der Waals surface area contributed by atoms with Crippen LogP contribution in [0.4, 0.5) is 15.8 Å². The zero-order chi connectivity index (χ0) is 14.4. The number of nitrogens with zero attached hydrogens (tertiary/aromatic N) is 2. The van der Waals surface area contributed by atoms with E-state index in [1.807, 2.05) is 4.90 Å². The van der Waals surface area contributed by atoms with Gasteiger partial charge in [0.25, 0.3) is 0 Å². The van der Waals surface area contributed by atoms with Crippen LogP contribution in [0, 0.1) is 12.4 Å². The maximum atomic E-state index is 14.6. The predicted molar refractivity (Wildman–Crippen MR) is 75.1 cm³/mol. The first-order chi connectivity index (χ1) is 9.77. The average Bonchev–Trinajstić information content (AvgIpc) is 2.49. The predicted octanol–water partition coefficient (Wildman–Crippen LogP) is 1.81. The van der Waals surface area contributed by atoms with E-state index in [1.165, 1.54) is 0 Å². The molecule has 1 N–H and O–H groups in total. The first-order valence-corrected chi connectivity index (χ1v) is 6.55. The summed E-state index contributed by atoms with van der Waals surface area (Å²) < 4.78 is 24.8. The smallest absolute Gasteiger partial charge is 0.231 e. The van der Waals surface area contributed by atoms with Crippen molar-refractivity contribution in [1.29, 1.82) is 0 Å². The van der Waals surface area contributed by atoms with Crippen molar-refractivity contribution in [2.24, 2.45) is 0 Å². The molecule has 2 rings (SSSR count). The highest BCUT2D eigenvalue weighted by Crippen LogP contribution is 2.36. The topological polar surface area (TPSA) is 38.1 Å². The zero-order valence-corrected chi connectivity index (χ0v) is 11.5. The summed E-state index contributed by atoms with van der Waals surface area (Å²) in [4.78, 5) is 5.27. The summed E-state index contributed by atoms with van der Waals surface area (Å²) in [7, 11) is 1.55. The van der Waals surface area contributed by atoms with Gasteiger partial charge in [0.05, 0.1) is 18.9 Å². The van der Waals surface area contributed by atoms with Gasteiger partial charge < -0.3 is 19.7 Å². The Morgan fingerprint density at radius 2 is 2.10 bits per heavy atom. The lowest BCUT2D eigenvalue weighted by atomic mass is 10.2. The van der Waals surface area contributed by atoms with E-state index in [0.29, 0.717) is 12.3 Å². The lowest BCUT2D eigenvalue weighted by Gasteiger charge is -2.30. The number of ether oxygens (including phenoxy) is 2. The lowest BCUT2D eigenvalue weighted by Crippen LogP contribution is -2.43. The number of rotatable bonds is 5. The number of hydrogen-bond donors (Lipinski definition) is 1. The maximum absolute atomic E-state index is 14.6. The quantitative estimate of drug-likeness (QED) is 0.659. The molecule has 1 aliphatic heterocycles. The van der Waals surface area contributed by atoms with E-state index in [1.54, 1.807) is 19.2 Å². The molecule has 0 aromatic heterocycles. The Labute approximate surface area is 118 Å². The molecular weight excluding hydrogens is 261 g/mol. The highest BCUT2D eigenvalue weighted by molar-refractivity contribution is 5.66. The number of halogens is 1. The van der Waals surface area contributed by atoms with Crippen LogP contribution in [0.3, 0.4) is 0 Å². The van der Waals surface area contributed by atoms with Crippen molar-refractivity contribution in [3.05, 3.63) is 29.4 Å². The summed E-state index contributed by atoms with van der Waals surface area (Å²) in [5.74, 6) is -0.440. The van der Waals surface area contributed by atoms with Gasteiger partial charge in [-0.2, -0.15) is 0 Å². The molecule has 0 atom stereocenters. The van der Waals surface area contributed by atoms with Crippen LogP contribution < -0.4 is 15.0 Å². The largest absolute Gasteiger partial charge is 0.499 e. The maximum Gasteiger partial charge on any atom is 0.231 e. The molecule has 108 valence electrons. The van der Waals surface area contributed by atoms with E-state index in [2.05, 4.69) is 10.2 Å². The van der Waals surface area contributed by atoms with Gasteiger partial charge in [0, 0.05) is 33.3 Å². The monoisotopic (exact) mass is 279 g/mol. The number of hydrogen-bond acceptors (Lipinski definition) is 4. The first-order valence-electron chi connectivity index (χ1n) is 6.55.